The van der Waals surface area contributed by atoms with Crippen LogP contribution < -0.4 is 5.32 Å². The van der Waals surface area contributed by atoms with Crippen LogP contribution >= 0.6 is 11.8 Å². The molecule has 1 aromatic rings. The van der Waals surface area contributed by atoms with E-state index < -0.39 is 0 Å². The summed E-state index contributed by atoms with van der Waals surface area (Å²) >= 11 is 1.98. The SMILES string of the molecule is COCCNCc1cnc(C2CSCCN2C)nc1. The van der Waals surface area contributed by atoms with Gasteiger partial charge in [-0.25, -0.2) is 9.97 Å². The molecule has 1 aliphatic heterocycles. The molecule has 1 aromatic heterocycles. The van der Waals surface area contributed by atoms with Crippen LogP contribution in [-0.2, 0) is 11.3 Å². The molecule has 1 unspecified atom stereocenters. The number of ether oxygens (including phenoxy) is 1. The molecule has 1 fully saturated rings. The van der Waals surface area contributed by atoms with Crippen molar-refractivity contribution in [3.63, 3.8) is 0 Å². The molecule has 0 saturated carbocycles. The van der Waals surface area contributed by atoms with Crippen molar-refractivity contribution in [1.82, 2.24) is 20.2 Å². The molecule has 19 heavy (non-hydrogen) atoms. The van der Waals surface area contributed by atoms with Gasteiger partial charge in [0.05, 0.1) is 12.6 Å². The Balaban J connectivity index is 1.87. The van der Waals surface area contributed by atoms with Gasteiger partial charge in [-0.2, -0.15) is 11.8 Å². The quantitative estimate of drug-likeness (QED) is 0.784. The van der Waals surface area contributed by atoms with E-state index in [9.17, 15) is 0 Å². The lowest BCUT2D eigenvalue weighted by Crippen LogP contribution is -2.33. The molecule has 0 bridgehead atoms. The topological polar surface area (TPSA) is 50.3 Å². The van der Waals surface area contributed by atoms with Crippen molar-refractivity contribution in [3.8, 4) is 0 Å². The van der Waals surface area contributed by atoms with E-state index in [0.717, 1.165) is 43.4 Å². The fourth-order valence-corrected chi connectivity index (χ4v) is 3.20. The third-order valence-corrected chi connectivity index (χ3v) is 4.25. The maximum absolute atomic E-state index is 4.99. The molecule has 1 N–H and O–H groups in total. The molecule has 0 spiro atoms. The molecule has 1 atom stereocenters. The van der Waals surface area contributed by atoms with Gasteiger partial charge < -0.3 is 10.1 Å². The van der Waals surface area contributed by atoms with Gasteiger partial charge in [0.25, 0.3) is 0 Å². The predicted molar refractivity (Wildman–Crippen MR) is 78.3 cm³/mol. The van der Waals surface area contributed by atoms with Crippen molar-refractivity contribution >= 4 is 11.8 Å². The minimum Gasteiger partial charge on any atom is -0.383 e. The van der Waals surface area contributed by atoms with E-state index in [0.29, 0.717) is 6.04 Å². The standard InChI is InChI=1S/C13H22N4OS/c1-17-4-6-19-10-12(17)13-15-8-11(9-16-13)7-14-3-5-18-2/h8-9,12,14H,3-7,10H2,1-2H3. The first-order chi connectivity index (χ1) is 9.31. The average Bonchev–Trinajstić information content (AvgIpc) is 2.45. The van der Waals surface area contributed by atoms with Gasteiger partial charge >= 0.3 is 0 Å². The van der Waals surface area contributed by atoms with Crippen molar-refractivity contribution in [2.45, 2.75) is 12.6 Å². The molecule has 0 aromatic carbocycles. The Hall–Kier alpha value is -0.690. The molecule has 0 aliphatic carbocycles. The highest BCUT2D eigenvalue weighted by Crippen LogP contribution is 2.25. The van der Waals surface area contributed by atoms with Gasteiger partial charge in [0.15, 0.2) is 0 Å². The van der Waals surface area contributed by atoms with Gasteiger partial charge in [0.2, 0.25) is 0 Å². The monoisotopic (exact) mass is 282 g/mol. The lowest BCUT2D eigenvalue weighted by molar-refractivity contribution is 0.199. The Bertz CT molecular complexity index is 373. The first kappa shape index (κ1) is 14.7. The number of hydrogen-bond donors (Lipinski definition) is 1. The molecule has 1 aliphatic rings. The molecular weight excluding hydrogens is 260 g/mol. The highest BCUT2D eigenvalue weighted by molar-refractivity contribution is 7.99. The van der Waals surface area contributed by atoms with E-state index in [1.54, 1.807) is 7.11 Å². The normalized spacial score (nSPS) is 20.6. The highest BCUT2D eigenvalue weighted by atomic mass is 32.2. The largest absolute Gasteiger partial charge is 0.383 e. The third-order valence-electron chi connectivity index (χ3n) is 3.23. The second-order valence-corrected chi connectivity index (χ2v) is 5.84. The molecule has 106 valence electrons. The maximum atomic E-state index is 4.99. The van der Waals surface area contributed by atoms with Gasteiger partial charge in [-0.3, -0.25) is 4.90 Å². The van der Waals surface area contributed by atoms with E-state index in [1.807, 2.05) is 24.2 Å². The maximum Gasteiger partial charge on any atom is 0.146 e. The van der Waals surface area contributed by atoms with Gasteiger partial charge in [0.1, 0.15) is 5.82 Å². The molecule has 0 amide bonds. The Kier molecular flexibility index (Phi) is 6.03. The fourth-order valence-electron chi connectivity index (χ4n) is 1.99. The summed E-state index contributed by atoms with van der Waals surface area (Å²) in [6.45, 7) is 3.47. The smallest absolute Gasteiger partial charge is 0.146 e. The van der Waals surface area contributed by atoms with E-state index in [1.165, 1.54) is 5.75 Å². The molecule has 5 nitrogen and oxygen atoms in total. The Labute approximate surface area is 119 Å². The lowest BCUT2D eigenvalue weighted by atomic mass is 10.2. The van der Waals surface area contributed by atoms with E-state index in [4.69, 9.17) is 4.74 Å². The number of hydrogen-bond acceptors (Lipinski definition) is 6. The number of thioether (sulfide) groups is 1. The van der Waals surface area contributed by atoms with Crippen molar-refractivity contribution in [2.24, 2.45) is 0 Å². The summed E-state index contributed by atoms with van der Waals surface area (Å²) in [7, 11) is 3.85. The number of methoxy groups -OCH3 is 1. The molecule has 0 radical (unpaired) electrons. The van der Waals surface area contributed by atoms with E-state index >= 15 is 0 Å². The van der Waals surface area contributed by atoms with Crippen LogP contribution in [0.3, 0.4) is 0 Å². The minimum atomic E-state index is 0.356. The van der Waals surface area contributed by atoms with E-state index in [-0.39, 0.29) is 0 Å². The van der Waals surface area contributed by atoms with Gasteiger partial charge in [-0.05, 0) is 7.05 Å². The van der Waals surface area contributed by atoms with Gasteiger partial charge in [-0.1, -0.05) is 0 Å². The van der Waals surface area contributed by atoms with Crippen molar-refractivity contribution in [2.75, 3.05) is 45.4 Å². The first-order valence-electron chi connectivity index (χ1n) is 6.59. The van der Waals surface area contributed by atoms with Crippen LogP contribution in [0.25, 0.3) is 0 Å². The van der Waals surface area contributed by atoms with Crippen molar-refractivity contribution < 1.29 is 4.74 Å². The highest BCUT2D eigenvalue weighted by Gasteiger charge is 2.23. The van der Waals surface area contributed by atoms with Crippen LogP contribution in [-0.4, -0.2) is 60.2 Å². The summed E-state index contributed by atoms with van der Waals surface area (Å²) in [5, 5.41) is 3.29. The van der Waals surface area contributed by atoms with Crippen LogP contribution in [0.2, 0.25) is 0 Å². The summed E-state index contributed by atoms with van der Waals surface area (Å²) < 4.78 is 4.99. The molecule has 2 rings (SSSR count). The summed E-state index contributed by atoms with van der Waals surface area (Å²) in [6, 6.07) is 0.356. The van der Waals surface area contributed by atoms with Gasteiger partial charge in [0, 0.05) is 56.2 Å². The zero-order chi connectivity index (χ0) is 13.5. The van der Waals surface area contributed by atoms with Crippen LogP contribution in [0.5, 0.6) is 0 Å². The zero-order valence-electron chi connectivity index (χ0n) is 11.6. The second kappa shape index (κ2) is 7.79. The van der Waals surface area contributed by atoms with Crippen LogP contribution in [0.4, 0.5) is 0 Å². The van der Waals surface area contributed by atoms with Crippen LogP contribution in [0.1, 0.15) is 17.4 Å². The third kappa shape index (κ3) is 4.42. The predicted octanol–water partition coefficient (Wildman–Crippen LogP) is 0.932. The summed E-state index contributed by atoms with van der Waals surface area (Å²) in [5.74, 6) is 3.23. The second-order valence-electron chi connectivity index (χ2n) is 4.69. The Morgan fingerprint density at radius 1 is 1.47 bits per heavy atom. The van der Waals surface area contributed by atoms with Crippen molar-refractivity contribution in [3.05, 3.63) is 23.8 Å². The molecule has 6 heteroatoms. The molecular formula is C13H22N4OS. The zero-order valence-corrected chi connectivity index (χ0v) is 12.4. The summed E-state index contributed by atoms with van der Waals surface area (Å²) in [4.78, 5) is 11.4. The minimum absolute atomic E-state index is 0.356. The molecule has 1 saturated heterocycles. The van der Waals surface area contributed by atoms with Gasteiger partial charge in [-0.15, -0.1) is 0 Å². The fraction of sp³-hybridized carbons (Fsp3) is 0.692. The number of aromatic nitrogens is 2. The lowest BCUT2D eigenvalue weighted by Gasteiger charge is -2.30. The molecule has 2 heterocycles. The summed E-state index contributed by atoms with van der Waals surface area (Å²) in [5.41, 5.74) is 1.12. The van der Waals surface area contributed by atoms with Crippen LogP contribution in [0, 0.1) is 0 Å². The number of nitrogens with zero attached hydrogens (tertiary/aromatic N) is 3. The number of rotatable bonds is 6. The average molecular weight is 282 g/mol. The summed E-state index contributed by atoms with van der Waals surface area (Å²) in [6.07, 6.45) is 3.85. The number of nitrogens with one attached hydrogen (secondary N) is 1. The Morgan fingerprint density at radius 2 is 2.26 bits per heavy atom. The first-order valence-corrected chi connectivity index (χ1v) is 7.75. The van der Waals surface area contributed by atoms with Crippen molar-refractivity contribution in [1.29, 1.82) is 0 Å². The van der Waals surface area contributed by atoms with E-state index in [2.05, 4.69) is 27.2 Å². The Morgan fingerprint density at radius 3 is 2.95 bits per heavy atom. The van der Waals surface area contributed by atoms with Crippen LogP contribution in [0.15, 0.2) is 12.4 Å².